The Morgan fingerprint density at radius 3 is 2.54 bits per heavy atom. The molecular formula is C17H18FNO4S. The zero-order chi connectivity index (χ0) is 17.7. The van der Waals surface area contributed by atoms with E-state index in [0.717, 1.165) is 16.9 Å². The first-order chi connectivity index (χ1) is 11.5. The number of rotatable bonds is 4. The molecule has 0 aliphatic heterocycles. The molecule has 24 heavy (non-hydrogen) atoms. The third kappa shape index (κ3) is 4.61. The summed E-state index contributed by atoms with van der Waals surface area (Å²) in [4.78, 5) is 11.5. The molecule has 0 spiro atoms. The van der Waals surface area contributed by atoms with E-state index < -0.39 is 22.9 Å². The Morgan fingerprint density at radius 2 is 1.96 bits per heavy atom. The molecule has 0 bridgehead atoms. The van der Waals surface area contributed by atoms with Crippen molar-refractivity contribution in [2.45, 2.75) is 19.8 Å². The Morgan fingerprint density at radius 1 is 1.29 bits per heavy atom. The van der Waals surface area contributed by atoms with Crippen LogP contribution < -0.4 is 10.3 Å². The molecule has 1 aromatic carbocycles. The number of hydrogen-bond donors (Lipinski definition) is 0. The first kappa shape index (κ1) is 18.1. The molecule has 1 aliphatic rings. The zero-order valence-electron chi connectivity index (χ0n) is 13.5. The van der Waals surface area contributed by atoms with E-state index in [1.165, 1.54) is 23.5 Å². The first-order valence-corrected chi connectivity index (χ1v) is 8.14. The highest BCUT2D eigenvalue weighted by Gasteiger charge is 2.22. The Labute approximate surface area is 142 Å². The van der Waals surface area contributed by atoms with E-state index in [0.29, 0.717) is 18.1 Å². The molecule has 0 radical (unpaired) electrons. The maximum absolute atomic E-state index is 13.7. The molecule has 0 N–H and O–H groups in total. The van der Waals surface area contributed by atoms with Crippen LogP contribution in [0.5, 0.6) is 5.75 Å². The summed E-state index contributed by atoms with van der Waals surface area (Å²) in [5.41, 5.74) is 1.93. The fraction of sp³-hybridized carbons (Fsp3) is 0.353. The van der Waals surface area contributed by atoms with E-state index in [2.05, 4.69) is 0 Å². The lowest BCUT2D eigenvalue weighted by molar-refractivity contribution is 0.301. The molecule has 5 nitrogen and oxygen atoms in total. The smallest absolute Gasteiger partial charge is 0.335 e. The van der Waals surface area contributed by atoms with Crippen LogP contribution in [0.3, 0.4) is 0 Å². The van der Waals surface area contributed by atoms with E-state index in [1.807, 2.05) is 25.1 Å². The molecule has 0 amide bonds. The monoisotopic (exact) mass is 351 g/mol. The van der Waals surface area contributed by atoms with Crippen molar-refractivity contribution in [2.75, 3.05) is 6.61 Å². The summed E-state index contributed by atoms with van der Waals surface area (Å²) in [5, 5.41) is 0. The van der Waals surface area contributed by atoms with Crippen molar-refractivity contribution in [3.05, 3.63) is 52.2 Å². The summed E-state index contributed by atoms with van der Waals surface area (Å²) in [5.74, 6) is 0.645. The van der Waals surface area contributed by atoms with Crippen molar-refractivity contribution in [1.29, 1.82) is 0 Å². The van der Waals surface area contributed by atoms with Gasteiger partial charge in [0.1, 0.15) is 5.75 Å². The Hall–Kier alpha value is -2.28. The quantitative estimate of drug-likeness (QED) is 0.849. The normalized spacial score (nSPS) is 13.0. The van der Waals surface area contributed by atoms with Crippen LogP contribution in [0.1, 0.15) is 18.4 Å². The van der Waals surface area contributed by atoms with Crippen LogP contribution in [0.15, 0.2) is 35.3 Å². The largest absolute Gasteiger partial charge is 0.493 e. The number of benzene rings is 1. The van der Waals surface area contributed by atoms with Gasteiger partial charge in [0.15, 0.2) is 5.82 Å². The maximum Gasteiger partial charge on any atom is 0.335 e. The minimum atomic E-state index is -0.750. The minimum Gasteiger partial charge on any atom is -0.493 e. The SMILES string of the molecule is Cc1ccc(OCC2CC2)c(-c2cc(F)c(=O)n(C)c2)c1.O=S=O. The van der Waals surface area contributed by atoms with Crippen molar-refractivity contribution >= 4 is 11.6 Å². The predicted octanol–water partition coefficient (Wildman–Crippen LogP) is 2.62. The molecule has 7 heteroatoms. The molecule has 0 atom stereocenters. The van der Waals surface area contributed by atoms with Gasteiger partial charge in [0.2, 0.25) is 0 Å². The van der Waals surface area contributed by atoms with Crippen LogP contribution in [-0.4, -0.2) is 19.6 Å². The molecule has 1 heterocycles. The van der Waals surface area contributed by atoms with Crippen molar-refractivity contribution in [1.82, 2.24) is 4.57 Å². The zero-order valence-corrected chi connectivity index (χ0v) is 14.3. The first-order valence-electron chi connectivity index (χ1n) is 7.48. The minimum absolute atomic E-state index is 0.619. The Kier molecular flexibility index (Phi) is 6.03. The average molecular weight is 351 g/mol. The van der Waals surface area contributed by atoms with Crippen molar-refractivity contribution in [3.63, 3.8) is 0 Å². The number of ether oxygens (including phenoxy) is 1. The second-order valence-electron chi connectivity index (χ2n) is 5.81. The van der Waals surface area contributed by atoms with E-state index in [1.54, 1.807) is 13.2 Å². The lowest BCUT2D eigenvalue weighted by atomic mass is 10.0. The standard InChI is InChI=1S/C17H18FNO2.O2S/c1-11-3-6-16(21-10-12-4-5-12)14(7-11)13-8-15(18)17(20)19(2)9-13;1-3-2/h3,6-9,12H,4-5,10H2,1-2H3;. The second kappa shape index (κ2) is 8.01. The third-order valence-electron chi connectivity index (χ3n) is 3.76. The van der Waals surface area contributed by atoms with E-state index in [4.69, 9.17) is 13.2 Å². The molecule has 1 aliphatic carbocycles. The number of aromatic nitrogens is 1. The highest BCUT2D eigenvalue weighted by Crippen LogP contribution is 2.34. The van der Waals surface area contributed by atoms with Gasteiger partial charge in [-0.05, 0) is 43.9 Å². The highest BCUT2D eigenvalue weighted by molar-refractivity contribution is 7.51. The molecule has 1 fully saturated rings. The number of pyridine rings is 1. The topological polar surface area (TPSA) is 65.4 Å². The number of aryl methyl sites for hydroxylation is 2. The number of hydrogen-bond acceptors (Lipinski definition) is 4. The van der Waals surface area contributed by atoms with Gasteiger partial charge < -0.3 is 9.30 Å². The van der Waals surface area contributed by atoms with Crippen molar-refractivity contribution in [3.8, 4) is 16.9 Å². The summed E-state index contributed by atoms with van der Waals surface area (Å²) in [7, 11) is 1.55. The van der Waals surface area contributed by atoms with Crippen LogP contribution in [0.4, 0.5) is 4.39 Å². The van der Waals surface area contributed by atoms with Gasteiger partial charge >= 0.3 is 11.6 Å². The van der Waals surface area contributed by atoms with Gasteiger partial charge in [-0.2, -0.15) is 8.42 Å². The summed E-state index contributed by atoms with van der Waals surface area (Å²) in [6.07, 6.45) is 4.08. The van der Waals surface area contributed by atoms with Gasteiger partial charge in [0.05, 0.1) is 6.61 Å². The van der Waals surface area contributed by atoms with Gasteiger partial charge in [-0.3, -0.25) is 4.79 Å². The molecule has 1 saturated carbocycles. The Balaban J connectivity index is 0.000000647. The highest BCUT2D eigenvalue weighted by atomic mass is 32.1. The predicted molar refractivity (Wildman–Crippen MR) is 89.0 cm³/mol. The van der Waals surface area contributed by atoms with Crippen LogP contribution in [0.25, 0.3) is 11.1 Å². The van der Waals surface area contributed by atoms with Crippen LogP contribution in [-0.2, 0) is 18.6 Å². The van der Waals surface area contributed by atoms with E-state index >= 15 is 0 Å². The van der Waals surface area contributed by atoms with Gasteiger partial charge in [-0.15, -0.1) is 0 Å². The third-order valence-corrected chi connectivity index (χ3v) is 3.76. The van der Waals surface area contributed by atoms with Crippen LogP contribution in [0.2, 0.25) is 0 Å². The average Bonchev–Trinajstić information content (AvgIpc) is 3.36. The summed E-state index contributed by atoms with van der Waals surface area (Å²) >= 11 is -0.750. The van der Waals surface area contributed by atoms with Crippen LogP contribution in [0, 0.1) is 18.7 Å². The van der Waals surface area contributed by atoms with Crippen LogP contribution >= 0.6 is 0 Å². The van der Waals surface area contributed by atoms with Gasteiger partial charge in [-0.1, -0.05) is 11.6 Å². The van der Waals surface area contributed by atoms with Gasteiger partial charge in [0.25, 0.3) is 5.56 Å². The summed E-state index contributed by atoms with van der Waals surface area (Å²) in [6, 6.07) is 7.13. The fourth-order valence-electron chi connectivity index (χ4n) is 2.31. The summed E-state index contributed by atoms with van der Waals surface area (Å²) < 4.78 is 37.4. The molecule has 3 rings (SSSR count). The van der Waals surface area contributed by atoms with E-state index in [-0.39, 0.29) is 0 Å². The lowest BCUT2D eigenvalue weighted by Crippen LogP contribution is -2.19. The molecule has 1 aromatic heterocycles. The number of halogens is 1. The molecule has 128 valence electrons. The van der Waals surface area contributed by atoms with Crippen molar-refractivity contribution in [2.24, 2.45) is 13.0 Å². The Bertz CT molecular complexity index is 798. The van der Waals surface area contributed by atoms with Gasteiger partial charge in [-0.25, -0.2) is 4.39 Å². The molecular weight excluding hydrogens is 333 g/mol. The molecule has 0 unspecified atom stereocenters. The van der Waals surface area contributed by atoms with Gasteiger partial charge in [0, 0.05) is 24.4 Å². The fourth-order valence-corrected chi connectivity index (χ4v) is 2.31. The van der Waals surface area contributed by atoms with E-state index in [9.17, 15) is 9.18 Å². The second-order valence-corrected chi connectivity index (χ2v) is 5.95. The number of nitrogens with zero attached hydrogens (tertiary/aromatic N) is 1. The van der Waals surface area contributed by atoms with Crippen molar-refractivity contribution < 1.29 is 17.5 Å². The molecule has 0 saturated heterocycles. The lowest BCUT2D eigenvalue weighted by Gasteiger charge is -2.13. The summed E-state index contributed by atoms with van der Waals surface area (Å²) in [6.45, 7) is 2.68. The maximum atomic E-state index is 13.7. The molecule has 2 aromatic rings.